The lowest BCUT2D eigenvalue weighted by Crippen LogP contribution is -2.34. The van der Waals surface area contributed by atoms with Crippen LogP contribution in [0.15, 0.2) is 42.0 Å². The summed E-state index contributed by atoms with van der Waals surface area (Å²) in [4.78, 5) is 26.9. The zero-order valence-electron chi connectivity index (χ0n) is 16.5. The van der Waals surface area contributed by atoms with Crippen LogP contribution in [0.2, 0.25) is 0 Å². The van der Waals surface area contributed by atoms with Crippen LogP contribution in [0.1, 0.15) is 23.1 Å². The molecule has 1 aromatic carbocycles. The van der Waals surface area contributed by atoms with Crippen molar-refractivity contribution in [2.45, 2.75) is 26.8 Å². The fraction of sp³-hybridized carbons (Fsp3) is 0.409. The SMILES string of the molecule is CC(=O)N1CCN(Cc2scnc2C)CC(Cc2cnc3ccccc3c2)C1. The van der Waals surface area contributed by atoms with E-state index >= 15 is 0 Å². The maximum absolute atomic E-state index is 12.1. The summed E-state index contributed by atoms with van der Waals surface area (Å²) in [6.07, 6.45) is 2.92. The quantitative estimate of drug-likeness (QED) is 0.679. The minimum absolute atomic E-state index is 0.164. The van der Waals surface area contributed by atoms with Crippen molar-refractivity contribution in [2.24, 2.45) is 5.92 Å². The Balaban J connectivity index is 1.53. The Morgan fingerprint density at radius 3 is 2.86 bits per heavy atom. The van der Waals surface area contributed by atoms with Crippen LogP contribution in [-0.2, 0) is 17.8 Å². The molecule has 0 N–H and O–H groups in total. The molecule has 1 saturated heterocycles. The van der Waals surface area contributed by atoms with E-state index < -0.39 is 0 Å². The third-order valence-corrected chi connectivity index (χ3v) is 6.43. The second-order valence-corrected chi connectivity index (χ2v) is 8.61. The first-order chi connectivity index (χ1) is 13.6. The molecule has 28 heavy (non-hydrogen) atoms. The van der Waals surface area contributed by atoms with Crippen LogP contribution in [0.4, 0.5) is 0 Å². The highest BCUT2D eigenvalue weighted by Gasteiger charge is 2.25. The summed E-state index contributed by atoms with van der Waals surface area (Å²) in [5.74, 6) is 0.556. The number of rotatable bonds is 4. The normalized spacial score (nSPS) is 18.4. The number of amides is 1. The van der Waals surface area contributed by atoms with Gasteiger partial charge in [0.1, 0.15) is 0 Å². The molecule has 1 fully saturated rings. The Bertz CT molecular complexity index is 970. The highest BCUT2D eigenvalue weighted by atomic mass is 32.1. The van der Waals surface area contributed by atoms with Gasteiger partial charge in [0, 0.05) is 56.1 Å². The third kappa shape index (κ3) is 4.39. The van der Waals surface area contributed by atoms with Crippen molar-refractivity contribution in [3.8, 4) is 0 Å². The summed E-state index contributed by atoms with van der Waals surface area (Å²) < 4.78 is 0. The smallest absolute Gasteiger partial charge is 0.219 e. The van der Waals surface area contributed by atoms with Crippen LogP contribution in [0.25, 0.3) is 10.9 Å². The second-order valence-electron chi connectivity index (χ2n) is 7.67. The lowest BCUT2D eigenvalue weighted by atomic mass is 9.98. The number of para-hydroxylation sites is 1. The Hall–Kier alpha value is -2.31. The van der Waals surface area contributed by atoms with E-state index in [1.165, 1.54) is 15.8 Å². The molecule has 3 aromatic rings. The molecule has 1 aliphatic heterocycles. The summed E-state index contributed by atoms with van der Waals surface area (Å²) in [7, 11) is 0. The first-order valence-corrected chi connectivity index (χ1v) is 10.7. The van der Waals surface area contributed by atoms with Crippen LogP contribution in [0.3, 0.4) is 0 Å². The van der Waals surface area contributed by atoms with Gasteiger partial charge < -0.3 is 4.90 Å². The van der Waals surface area contributed by atoms with E-state index in [0.29, 0.717) is 5.92 Å². The number of carbonyl (C=O) groups excluding carboxylic acids is 1. The maximum atomic E-state index is 12.1. The van der Waals surface area contributed by atoms with Crippen molar-refractivity contribution in [3.63, 3.8) is 0 Å². The fourth-order valence-electron chi connectivity index (χ4n) is 3.98. The predicted molar refractivity (Wildman–Crippen MR) is 113 cm³/mol. The number of fused-ring (bicyclic) bond motifs is 1. The summed E-state index contributed by atoms with van der Waals surface area (Å²) in [6.45, 7) is 8.15. The van der Waals surface area contributed by atoms with E-state index in [1.807, 2.05) is 28.7 Å². The van der Waals surface area contributed by atoms with Crippen LogP contribution in [0.5, 0.6) is 0 Å². The van der Waals surface area contributed by atoms with E-state index in [9.17, 15) is 4.79 Å². The van der Waals surface area contributed by atoms with E-state index in [-0.39, 0.29) is 5.91 Å². The summed E-state index contributed by atoms with van der Waals surface area (Å²) in [6, 6.07) is 10.5. The molecule has 5 nitrogen and oxygen atoms in total. The number of benzene rings is 1. The topological polar surface area (TPSA) is 49.3 Å². The summed E-state index contributed by atoms with van der Waals surface area (Å²) >= 11 is 1.72. The monoisotopic (exact) mass is 394 g/mol. The highest BCUT2D eigenvalue weighted by molar-refractivity contribution is 7.09. The van der Waals surface area contributed by atoms with Gasteiger partial charge in [-0.2, -0.15) is 0 Å². The molecule has 0 radical (unpaired) electrons. The minimum atomic E-state index is 0.164. The molecule has 1 amide bonds. The number of hydrogen-bond acceptors (Lipinski definition) is 5. The fourth-order valence-corrected chi connectivity index (χ4v) is 4.80. The van der Waals surface area contributed by atoms with Crippen molar-refractivity contribution >= 4 is 28.1 Å². The molecule has 1 atom stereocenters. The number of nitrogens with zero attached hydrogens (tertiary/aromatic N) is 4. The molecule has 3 heterocycles. The first kappa shape index (κ1) is 19.0. The standard InChI is InChI=1S/C22H26N4OS/c1-16-22(28-15-24-16)14-25-7-8-26(17(2)27)13-19(12-25)9-18-10-20-5-3-4-6-21(20)23-11-18/h3-6,10-11,15,19H,7-9,12-14H2,1-2H3. The molecule has 0 spiro atoms. The van der Waals surface area contributed by atoms with Crippen molar-refractivity contribution in [1.29, 1.82) is 0 Å². The average molecular weight is 395 g/mol. The second kappa shape index (κ2) is 8.37. The van der Waals surface area contributed by atoms with E-state index in [1.54, 1.807) is 18.3 Å². The number of thiazole rings is 1. The van der Waals surface area contributed by atoms with Crippen molar-refractivity contribution in [3.05, 3.63) is 58.2 Å². The number of carbonyl (C=O) groups is 1. The van der Waals surface area contributed by atoms with Crippen LogP contribution >= 0.6 is 11.3 Å². The van der Waals surface area contributed by atoms with Gasteiger partial charge in [-0.3, -0.25) is 14.7 Å². The number of aromatic nitrogens is 2. The van der Waals surface area contributed by atoms with Crippen molar-refractivity contribution in [1.82, 2.24) is 19.8 Å². The first-order valence-electron chi connectivity index (χ1n) is 9.79. The van der Waals surface area contributed by atoms with Gasteiger partial charge in [0.15, 0.2) is 0 Å². The molecular weight excluding hydrogens is 368 g/mol. The molecule has 0 aliphatic carbocycles. The van der Waals surface area contributed by atoms with Crippen LogP contribution in [-0.4, -0.2) is 51.9 Å². The number of aryl methyl sites for hydroxylation is 1. The van der Waals surface area contributed by atoms with Crippen LogP contribution in [0, 0.1) is 12.8 Å². The van der Waals surface area contributed by atoms with E-state index in [0.717, 1.165) is 50.4 Å². The molecule has 0 bridgehead atoms. The van der Waals surface area contributed by atoms with Crippen molar-refractivity contribution in [2.75, 3.05) is 26.2 Å². The molecule has 0 saturated carbocycles. The van der Waals surface area contributed by atoms with Gasteiger partial charge >= 0.3 is 0 Å². The lowest BCUT2D eigenvalue weighted by Gasteiger charge is -2.24. The Morgan fingerprint density at radius 1 is 1.21 bits per heavy atom. The predicted octanol–water partition coefficient (Wildman–Crippen LogP) is 3.52. The van der Waals surface area contributed by atoms with Crippen molar-refractivity contribution < 1.29 is 4.79 Å². The summed E-state index contributed by atoms with van der Waals surface area (Å²) in [5.41, 5.74) is 5.30. The molecule has 1 unspecified atom stereocenters. The van der Waals surface area contributed by atoms with Gasteiger partial charge in [0.2, 0.25) is 5.91 Å². The molecule has 6 heteroatoms. The molecule has 1 aliphatic rings. The molecule has 146 valence electrons. The zero-order chi connectivity index (χ0) is 19.5. The molecular formula is C22H26N4OS. The van der Waals surface area contributed by atoms with Gasteiger partial charge in [0.25, 0.3) is 0 Å². The van der Waals surface area contributed by atoms with Crippen LogP contribution < -0.4 is 0 Å². The van der Waals surface area contributed by atoms with Gasteiger partial charge in [-0.25, -0.2) is 4.98 Å². The Kier molecular flexibility index (Phi) is 5.69. The van der Waals surface area contributed by atoms with Gasteiger partial charge in [-0.1, -0.05) is 18.2 Å². The minimum Gasteiger partial charge on any atom is -0.341 e. The number of hydrogen-bond donors (Lipinski definition) is 0. The average Bonchev–Trinajstić information content (AvgIpc) is 2.97. The highest BCUT2D eigenvalue weighted by Crippen LogP contribution is 2.21. The largest absolute Gasteiger partial charge is 0.341 e. The Morgan fingerprint density at radius 2 is 2.07 bits per heavy atom. The summed E-state index contributed by atoms with van der Waals surface area (Å²) in [5, 5.41) is 1.18. The van der Waals surface area contributed by atoms with Gasteiger partial charge in [-0.05, 0) is 37.0 Å². The Labute approximate surface area is 170 Å². The number of pyridine rings is 1. The molecule has 2 aromatic heterocycles. The third-order valence-electron chi connectivity index (χ3n) is 5.51. The van der Waals surface area contributed by atoms with Gasteiger partial charge in [0.05, 0.1) is 16.7 Å². The van der Waals surface area contributed by atoms with E-state index in [2.05, 4.69) is 40.0 Å². The zero-order valence-corrected chi connectivity index (χ0v) is 17.3. The molecule has 4 rings (SSSR count). The maximum Gasteiger partial charge on any atom is 0.219 e. The van der Waals surface area contributed by atoms with E-state index in [4.69, 9.17) is 0 Å². The lowest BCUT2D eigenvalue weighted by molar-refractivity contribution is -0.129. The van der Waals surface area contributed by atoms with Gasteiger partial charge in [-0.15, -0.1) is 11.3 Å².